The summed E-state index contributed by atoms with van der Waals surface area (Å²) < 4.78 is 0. The maximum absolute atomic E-state index is 9.62. The number of imidazole rings is 1. The van der Waals surface area contributed by atoms with Crippen molar-refractivity contribution in [3.8, 4) is 0 Å². The van der Waals surface area contributed by atoms with Crippen molar-refractivity contribution >= 4 is 41.0 Å². The number of halogens is 1. The summed E-state index contributed by atoms with van der Waals surface area (Å²) in [6.07, 6.45) is 5.50. The Morgan fingerprint density at radius 2 is 2.04 bits per heavy atom. The Balaban J connectivity index is 0.00000243. The van der Waals surface area contributed by atoms with Gasteiger partial charge in [-0.3, -0.25) is 4.99 Å². The number of aliphatic hydroxyl groups is 1. The zero-order valence-corrected chi connectivity index (χ0v) is 17.7. The number of hydrogen-bond donors (Lipinski definition) is 4. The van der Waals surface area contributed by atoms with Gasteiger partial charge in [0.15, 0.2) is 5.96 Å². The molecule has 4 N–H and O–H groups in total. The maximum atomic E-state index is 9.62. The van der Waals surface area contributed by atoms with Gasteiger partial charge >= 0.3 is 0 Å². The van der Waals surface area contributed by atoms with Crippen molar-refractivity contribution in [1.82, 2.24) is 20.6 Å². The number of para-hydroxylation sites is 2. The quantitative estimate of drug-likeness (QED) is 0.226. The van der Waals surface area contributed by atoms with Crippen molar-refractivity contribution in [1.29, 1.82) is 0 Å². The molecule has 0 amide bonds. The molecule has 144 valence electrons. The van der Waals surface area contributed by atoms with Crippen LogP contribution in [-0.4, -0.2) is 46.3 Å². The molecule has 26 heavy (non-hydrogen) atoms. The first kappa shape index (κ1) is 21.0. The number of aromatic amines is 1. The topological polar surface area (TPSA) is 85.3 Å². The minimum absolute atomic E-state index is 0. The summed E-state index contributed by atoms with van der Waals surface area (Å²) in [5.74, 6) is 1.91. The van der Waals surface area contributed by atoms with Crippen LogP contribution in [0.1, 0.15) is 44.9 Å². The van der Waals surface area contributed by atoms with Gasteiger partial charge in [0.2, 0.25) is 0 Å². The van der Waals surface area contributed by atoms with Gasteiger partial charge in [0.1, 0.15) is 5.82 Å². The molecule has 0 radical (unpaired) electrons. The predicted molar refractivity (Wildman–Crippen MR) is 117 cm³/mol. The minimum Gasteiger partial charge on any atom is -0.393 e. The van der Waals surface area contributed by atoms with Gasteiger partial charge in [-0.1, -0.05) is 12.1 Å². The summed E-state index contributed by atoms with van der Waals surface area (Å²) in [4.78, 5) is 12.7. The first-order chi connectivity index (χ1) is 12.2. The molecule has 1 aliphatic rings. The van der Waals surface area contributed by atoms with Crippen LogP contribution < -0.4 is 10.6 Å². The molecule has 1 fully saturated rings. The number of aryl methyl sites for hydroxylation is 1. The number of nitrogens with zero attached hydrogens (tertiary/aromatic N) is 2. The van der Waals surface area contributed by atoms with E-state index in [-0.39, 0.29) is 30.1 Å². The van der Waals surface area contributed by atoms with Gasteiger partial charge in [0, 0.05) is 25.6 Å². The highest BCUT2D eigenvalue weighted by Crippen LogP contribution is 2.18. The van der Waals surface area contributed by atoms with E-state index in [0.717, 1.165) is 74.4 Å². The molecule has 0 aliphatic heterocycles. The fraction of sp³-hybridized carbons (Fsp3) is 0.579. The number of aliphatic hydroxyl groups excluding tert-OH is 1. The van der Waals surface area contributed by atoms with Gasteiger partial charge in [-0.25, -0.2) is 4.98 Å². The van der Waals surface area contributed by atoms with Crippen LogP contribution in [0.5, 0.6) is 0 Å². The molecule has 3 rings (SSSR count). The number of H-pyrrole nitrogens is 1. The van der Waals surface area contributed by atoms with Gasteiger partial charge in [-0.15, -0.1) is 24.0 Å². The monoisotopic (exact) mass is 471 g/mol. The van der Waals surface area contributed by atoms with E-state index in [1.807, 2.05) is 18.2 Å². The first-order valence-corrected chi connectivity index (χ1v) is 9.41. The molecule has 1 aromatic heterocycles. The zero-order chi connectivity index (χ0) is 17.5. The third kappa shape index (κ3) is 6.12. The van der Waals surface area contributed by atoms with Gasteiger partial charge in [0.25, 0.3) is 0 Å². The Hall–Kier alpha value is -1.35. The van der Waals surface area contributed by atoms with Crippen molar-refractivity contribution in [2.75, 3.05) is 13.1 Å². The number of fused-ring (bicyclic) bond motifs is 1. The lowest BCUT2D eigenvalue weighted by atomic mass is 9.93. The molecule has 1 aliphatic carbocycles. The summed E-state index contributed by atoms with van der Waals surface area (Å²) in [5.41, 5.74) is 2.12. The van der Waals surface area contributed by atoms with E-state index < -0.39 is 0 Å². The maximum Gasteiger partial charge on any atom is 0.191 e. The third-order valence-corrected chi connectivity index (χ3v) is 4.66. The second-order valence-electron chi connectivity index (χ2n) is 6.71. The molecular weight excluding hydrogens is 441 g/mol. The number of benzene rings is 1. The van der Waals surface area contributed by atoms with Crippen molar-refractivity contribution in [3.05, 3.63) is 30.1 Å². The number of guanidine groups is 1. The van der Waals surface area contributed by atoms with Crippen LogP contribution in [0.4, 0.5) is 0 Å². The number of aliphatic imine (C=N–C) groups is 1. The van der Waals surface area contributed by atoms with Crippen LogP contribution in [0.25, 0.3) is 11.0 Å². The number of hydrogen-bond acceptors (Lipinski definition) is 3. The Kier molecular flexibility index (Phi) is 8.64. The lowest BCUT2D eigenvalue weighted by molar-refractivity contribution is 0.120. The summed E-state index contributed by atoms with van der Waals surface area (Å²) >= 11 is 0. The molecule has 1 saturated carbocycles. The molecule has 0 unspecified atom stereocenters. The van der Waals surface area contributed by atoms with Crippen LogP contribution in [0.15, 0.2) is 29.3 Å². The van der Waals surface area contributed by atoms with E-state index >= 15 is 0 Å². The van der Waals surface area contributed by atoms with Crippen molar-refractivity contribution in [2.45, 2.75) is 57.6 Å². The molecule has 7 heteroatoms. The number of nitrogens with one attached hydrogen (secondary N) is 3. The Bertz CT molecular complexity index is 661. The highest BCUT2D eigenvalue weighted by molar-refractivity contribution is 14.0. The van der Waals surface area contributed by atoms with Crippen LogP contribution in [0, 0.1) is 0 Å². The lowest BCUT2D eigenvalue weighted by Crippen LogP contribution is -2.45. The second kappa shape index (κ2) is 10.7. The minimum atomic E-state index is -0.124. The van der Waals surface area contributed by atoms with Crippen LogP contribution in [0.3, 0.4) is 0 Å². The van der Waals surface area contributed by atoms with E-state index in [9.17, 15) is 5.11 Å². The third-order valence-electron chi connectivity index (χ3n) is 4.66. The smallest absolute Gasteiger partial charge is 0.191 e. The highest BCUT2D eigenvalue weighted by atomic mass is 127. The van der Waals surface area contributed by atoms with E-state index in [1.165, 1.54) is 0 Å². The molecule has 1 aromatic carbocycles. The summed E-state index contributed by atoms with van der Waals surface area (Å²) in [5, 5.41) is 16.4. The van der Waals surface area contributed by atoms with Crippen molar-refractivity contribution in [3.63, 3.8) is 0 Å². The van der Waals surface area contributed by atoms with E-state index in [1.54, 1.807) is 0 Å². The summed E-state index contributed by atoms with van der Waals surface area (Å²) in [6.45, 7) is 3.70. The Morgan fingerprint density at radius 1 is 1.27 bits per heavy atom. The normalized spacial score (nSPS) is 20.6. The van der Waals surface area contributed by atoms with Gasteiger partial charge in [-0.05, 0) is 51.2 Å². The number of rotatable bonds is 6. The van der Waals surface area contributed by atoms with E-state index in [4.69, 9.17) is 0 Å². The highest BCUT2D eigenvalue weighted by Gasteiger charge is 2.19. The average molecular weight is 471 g/mol. The fourth-order valence-electron chi connectivity index (χ4n) is 3.29. The second-order valence-corrected chi connectivity index (χ2v) is 6.71. The van der Waals surface area contributed by atoms with Gasteiger partial charge in [0.05, 0.1) is 17.1 Å². The Morgan fingerprint density at radius 3 is 2.77 bits per heavy atom. The fourth-order valence-corrected chi connectivity index (χ4v) is 3.29. The molecule has 6 nitrogen and oxygen atoms in total. The predicted octanol–water partition coefficient (Wildman–Crippen LogP) is 2.97. The van der Waals surface area contributed by atoms with Crippen molar-refractivity contribution < 1.29 is 5.11 Å². The van der Waals surface area contributed by atoms with Crippen LogP contribution >= 0.6 is 24.0 Å². The van der Waals surface area contributed by atoms with E-state index in [2.05, 4.69) is 38.6 Å². The SMILES string of the molecule is CCNC(=NCCCc1nc2ccccc2[nH]1)NC1CCC(O)CC1.I. The average Bonchev–Trinajstić information content (AvgIpc) is 3.03. The number of aromatic nitrogens is 2. The van der Waals surface area contributed by atoms with E-state index in [0.29, 0.717) is 6.04 Å². The first-order valence-electron chi connectivity index (χ1n) is 9.41. The molecule has 0 atom stereocenters. The van der Waals surface area contributed by atoms with Crippen LogP contribution in [0.2, 0.25) is 0 Å². The largest absolute Gasteiger partial charge is 0.393 e. The van der Waals surface area contributed by atoms with Gasteiger partial charge < -0.3 is 20.7 Å². The Labute approximate surface area is 172 Å². The van der Waals surface area contributed by atoms with Crippen LogP contribution in [-0.2, 0) is 6.42 Å². The molecule has 0 spiro atoms. The zero-order valence-electron chi connectivity index (χ0n) is 15.4. The van der Waals surface area contributed by atoms with Crippen molar-refractivity contribution in [2.24, 2.45) is 4.99 Å². The molecular formula is C19H30IN5O. The lowest BCUT2D eigenvalue weighted by Gasteiger charge is -2.27. The molecule has 0 saturated heterocycles. The molecule has 2 aromatic rings. The standard InChI is InChI=1S/C19H29N5O.HI/c1-2-20-19(22-14-9-11-15(25)12-10-14)21-13-5-8-18-23-16-6-3-4-7-17(16)24-18;/h3-4,6-7,14-15,25H,2,5,8-13H2,1H3,(H,23,24)(H2,20,21,22);1H. The summed E-state index contributed by atoms with van der Waals surface area (Å²) in [7, 11) is 0. The molecule has 0 bridgehead atoms. The van der Waals surface area contributed by atoms with Gasteiger partial charge in [-0.2, -0.15) is 0 Å². The summed E-state index contributed by atoms with van der Waals surface area (Å²) in [6, 6.07) is 8.53. The molecule has 1 heterocycles.